The standard InChI is InChI=1S/C37H32N2O6S/c1-4-43-30-19-24(11-15-29(30)44-20-23-8-6-5-7-9-23)33-32(34(40)25-12-14-28-26(18-25)17-22(3)45-28)35(41)36(42)39(33)37-38-27-13-10-21(2)16-31(27)46-37/h5-16,18-19,22,33,40H,4,17,20H2,1-3H3/t22-,33+/m1/s1. The summed E-state index contributed by atoms with van der Waals surface area (Å²) in [6, 6.07) is 25.4. The van der Waals surface area contributed by atoms with Gasteiger partial charge in [0.1, 0.15) is 24.2 Å². The smallest absolute Gasteiger partial charge is 0.301 e. The van der Waals surface area contributed by atoms with Crippen molar-refractivity contribution >= 4 is 44.1 Å². The van der Waals surface area contributed by atoms with Crippen molar-refractivity contribution in [2.45, 2.75) is 45.9 Å². The summed E-state index contributed by atoms with van der Waals surface area (Å²) in [5.41, 5.74) is 4.71. The Labute approximate surface area is 270 Å². The molecule has 0 unspecified atom stereocenters. The van der Waals surface area contributed by atoms with Gasteiger partial charge < -0.3 is 19.3 Å². The Balaban J connectivity index is 1.36. The second-order valence-electron chi connectivity index (χ2n) is 11.5. The van der Waals surface area contributed by atoms with E-state index in [1.807, 2.05) is 75.4 Å². The van der Waals surface area contributed by atoms with Crippen molar-refractivity contribution < 1.29 is 28.9 Å². The average molecular weight is 633 g/mol. The molecular formula is C37H32N2O6S. The van der Waals surface area contributed by atoms with E-state index in [0.29, 0.717) is 47.4 Å². The van der Waals surface area contributed by atoms with Crippen LogP contribution < -0.4 is 19.1 Å². The van der Waals surface area contributed by atoms with Crippen LogP contribution in [0.3, 0.4) is 0 Å². The highest BCUT2D eigenvalue weighted by Gasteiger charge is 2.48. The Morgan fingerprint density at radius 3 is 2.63 bits per heavy atom. The number of nitrogens with zero attached hydrogens (tertiary/aromatic N) is 2. The van der Waals surface area contributed by atoms with E-state index < -0.39 is 17.7 Å². The zero-order chi connectivity index (χ0) is 31.9. The van der Waals surface area contributed by atoms with E-state index in [1.165, 1.54) is 16.2 Å². The second-order valence-corrected chi connectivity index (χ2v) is 12.5. The number of aliphatic hydroxyl groups is 1. The number of ketones is 1. The molecule has 0 spiro atoms. The molecule has 0 bridgehead atoms. The molecule has 2 aliphatic rings. The number of benzene rings is 4. The maximum Gasteiger partial charge on any atom is 0.301 e. The Morgan fingerprint density at radius 2 is 1.83 bits per heavy atom. The lowest BCUT2D eigenvalue weighted by Gasteiger charge is -2.24. The zero-order valence-electron chi connectivity index (χ0n) is 25.7. The van der Waals surface area contributed by atoms with Crippen molar-refractivity contribution in [1.29, 1.82) is 0 Å². The van der Waals surface area contributed by atoms with Crippen LogP contribution >= 0.6 is 11.3 Å². The fourth-order valence-corrected chi connectivity index (χ4v) is 7.10. The number of fused-ring (bicyclic) bond motifs is 2. The van der Waals surface area contributed by atoms with Gasteiger partial charge in [0.05, 0.1) is 28.4 Å². The number of amides is 1. The van der Waals surface area contributed by atoms with Gasteiger partial charge in [-0.05, 0) is 85.5 Å². The predicted octanol–water partition coefficient (Wildman–Crippen LogP) is 7.53. The van der Waals surface area contributed by atoms with Crippen LogP contribution in [0.5, 0.6) is 17.2 Å². The Morgan fingerprint density at radius 1 is 1.00 bits per heavy atom. The Kier molecular flexibility index (Phi) is 7.70. The molecule has 1 amide bonds. The van der Waals surface area contributed by atoms with E-state index >= 15 is 0 Å². The van der Waals surface area contributed by atoms with Gasteiger partial charge in [-0.25, -0.2) is 4.98 Å². The van der Waals surface area contributed by atoms with Crippen LogP contribution in [0.1, 0.15) is 47.7 Å². The molecule has 4 aromatic carbocycles. The van der Waals surface area contributed by atoms with Gasteiger partial charge in [-0.15, -0.1) is 0 Å². The van der Waals surface area contributed by atoms with E-state index in [4.69, 9.17) is 19.2 Å². The second kappa shape index (κ2) is 12.0. The molecule has 1 fully saturated rings. The summed E-state index contributed by atoms with van der Waals surface area (Å²) < 4.78 is 18.9. The quantitative estimate of drug-likeness (QED) is 0.107. The van der Waals surface area contributed by atoms with E-state index in [9.17, 15) is 14.7 Å². The number of hydrogen-bond donors (Lipinski definition) is 1. The van der Waals surface area contributed by atoms with Crippen LogP contribution in [0.4, 0.5) is 5.13 Å². The number of Topliss-reactive ketones (excluding diaryl/α,β-unsaturated/α-hetero) is 1. The van der Waals surface area contributed by atoms with Gasteiger partial charge in [0.25, 0.3) is 5.78 Å². The van der Waals surface area contributed by atoms with Crippen LogP contribution in [-0.4, -0.2) is 34.5 Å². The van der Waals surface area contributed by atoms with E-state index in [0.717, 1.165) is 32.7 Å². The van der Waals surface area contributed by atoms with Gasteiger partial charge in [-0.1, -0.05) is 53.8 Å². The van der Waals surface area contributed by atoms with Gasteiger partial charge in [-0.2, -0.15) is 0 Å². The average Bonchev–Trinajstić information content (AvgIpc) is 3.72. The van der Waals surface area contributed by atoms with Crippen molar-refractivity contribution in [3.8, 4) is 17.2 Å². The monoisotopic (exact) mass is 632 g/mol. The van der Waals surface area contributed by atoms with Crippen LogP contribution in [0.15, 0.2) is 90.5 Å². The Bertz CT molecular complexity index is 2020. The van der Waals surface area contributed by atoms with Crippen LogP contribution in [-0.2, 0) is 22.6 Å². The highest BCUT2D eigenvalue weighted by Crippen LogP contribution is 2.46. The largest absolute Gasteiger partial charge is 0.507 e. The third-order valence-electron chi connectivity index (χ3n) is 8.17. The number of rotatable bonds is 8. The molecule has 9 heteroatoms. The summed E-state index contributed by atoms with van der Waals surface area (Å²) in [6.07, 6.45) is 0.696. The molecule has 1 aromatic heterocycles. The summed E-state index contributed by atoms with van der Waals surface area (Å²) in [5.74, 6) is -0.0706. The van der Waals surface area contributed by atoms with Gasteiger partial charge >= 0.3 is 5.91 Å². The lowest BCUT2D eigenvalue weighted by molar-refractivity contribution is -0.132. The van der Waals surface area contributed by atoms with Crippen molar-refractivity contribution in [3.05, 3.63) is 118 Å². The van der Waals surface area contributed by atoms with Crippen LogP contribution in [0.25, 0.3) is 16.0 Å². The summed E-state index contributed by atoms with van der Waals surface area (Å²) in [5, 5.41) is 12.1. The molecule has 2 atom stereocenters. The SMILES string of the molecule is CCOc1cc([C@H]2C(=C(O)c3ccc4c(c3)C[C@@H](C)O4)C(=O)C(=O)N2c2nc3ccc(C)cc3s2)ccc1OCc1ccccc1. The number of hydrogen-bond acceptors (Lipinski definition) is 8. The first-order chi connectivity index (χ1) is 22.3. The third-order valence-corrected chi connectivity index (χ3v) is 9.19. The fraction of sp³-hybridized carbons (Fsp3) is 0.216. The fourth-order valence-electron chi connectivity index (χ4n) is 6.01. The number of aliphatic hydroxyl groups excluding tert-OH is 1. The predicted molar refractivity (Wildman–Crippen MR) is 178 cm³/mol. The molecule has 7 rings (SSSR count). The van der Waals surface area contributed by atoms with Gasteiger partial charge in [0.15, 0.2) is 16.6 Å². The number of carbonyl (C=O) groups is 2. The number of aryl methyl sites for hydroxylation is 1. The minimum Gasteiger partial charge on any atom is -0.507 e. The minimum atomic E-state index is -0.965. The summed E-state index contributed by atoms with van der Waals surface area (Å²) in [7, 11) is 0. The topological polar surface area (TPSA) is 98.2 Å². The molecule has 0 saturated carbocycles. The minimum absolute atomic E-state index is 0.0141. The van der Waals surface area contributed by atoms with Crippen molar-refractivity contribution in [3.63, 3.8) is 0 Å². The molecule has 1 saturated heterocycles. The maximum atomic E-state index is 13.9. The van der Waals surface area contributed by atoms with Crippen LogP contribution in [0, 0.1) is 6.92 Å². The number of thiazole rings is 1. The Hall–Kier alpha value is -5.15. The molecular weight excluding hydrogens is 600 g/mol. The summed E-state index contributed by atoms with van der Waals surface area (Å²) in [4.78, 5) is 33.9. The molecule has 0 aliphatic carbocycles. The van der Waals surface area contributed by atoms with Crippen LogP contribution in [0.2, 0.25) is 0 Å². The first kappa shape index (κ1) is 29.6. The lowest BCUT2D eigenvalue weighted by atomic mass is 9.94. The molecule has 3 heterocycles. The maximum absolute atomic E-state index is 13.9. The molecule has 0 radical (unpaired) electrons. The van der Waals surface area contributed by atoms with Crippen molar-refractivity contribution in [2.75, 3.05) is 11.5 Å². The molecule has 46 heavy (non-hydrogen) atoms. The van der Waals surface area contributed by atoms with Gasteiger partial charge in [0.2, 0.25) is 0 Å². The third kappa shape index (κ3) is 5.37. The molecule has 5 aromatic rings. The van der Waals surface area contributed by atoms with Gasteiger partial charge in [-0.3, -0.25) is 14.5 Å². The van der Waals surface area contributed by atoms with Crippen molar-refractivity contribution in [1.82, 2.24) is 4.98 Å². The number of carbonyl (C=O) groups excluding carboxylic acids is 2. The lowest BCUT2D eigenvalue weighted by Crippen LogP contribution is -2.29. The van der Waals surface area contributed by atoms with Gasteiger partial charge in [0, 0.05) is 12.0 Å². The first-order valence-electron chi connectivity index (χ1n) is 15.2. The summed E-state index contributed by atoms with van der Waals surface area (Å²) >= 11 is 1.33. The highest BCUT2D eigenvalue weighted by molar-refractivity contribution is 7.22. The molecule has 8 nitrogen and oxygen atoms in total. The zero-order valence-corrected chi connectivity index (χ0v) is 26.5. The van der Waals surface area contributed by atoms with E-state index in [1.54, 1.807) is 30.3 Å². The highest BCUT2D eigenvalue weighted by atomic mass is 32.1. The number of ether oxygens (including phenoxy) is 3. The molecule has 232 valence electrons. The summed E-state index contributed by atoms with van der Waals surface area (Å²) in [6.45, 7) is 6.56. The first-order valence-corrected chi connectivity index (χ1v) is 16.0. The number of anilines is 1. The van der Waals surface area contributed by atoms with E-state index in [2.05, 4.69) is 0 Å². The molecule has 2 aliphatic heterocycles. The van der Waals surface area contributed by atoms with Crippen molar-refractivity contribution in [2.24, 2.45) is 0 Å². The van der Waals surface area contributed by atoms with E-state index in [-0.39, 0.29) is 17.4 Å². The molecule has 1 N–H and O–H groups in total. The normalized spacial score (nSPS) is 18.5. The number of aromatic nitrogens is 1.